The molecular formula is C10H20N2O2. The van der Waals surface area contributed by atoms with Crippen LogP contribution in [-0.4, -0.2) is 36.7 Å². The summed E-state index contributed by atoms with van der Waals surface area (Å²) in [5.41, 5.74) is 5.76. The van der Waals surface area contributed by atoms with E-state index < -0.39 is 0 Å². The van der Waals surface area contributed by atoms with Gasteiger partial charge in [0.2, 0.25) is 0 Å². The van der Waals surface area contributed by atoms with Gasteiger partial charge in [0.25, 0.3) is 0 Å². The number of hydrogen-bond donors (Lipinski definition) is 1. The lowest BCUT2D eigenvalue weighted by Crippen LogP contribution is -2.35. The van der Waals surface area contributed by atoms with Crippen molar-refractivity contribution in [1.82, 2.24) is 4.90 Å². The molecule has 0 heterocycles. The highest BCUT2D eigenvalue weighted by Gasteiger charge is 2.22. The van der Waals surface area contributed by atoms with Crippen molar-refractivity contribution in [1.29, 1.82) is 0 Å². The lowest BCUT2D eigenvalue weighted by molar-refractivity contribution is 0.0495. The fourth-order valence-electron chi connectivity index (χ4n) is 1.57. The quantitative estimate of drug-likeness (QED) is 0.732. The van der Waals surface area contributed by atoms with E-state index in [0.717, 1.165) is 25.7 Å². The lowest BCUT2D eigenvalue weighted by Gasteiger charge is -2.27. The van der Waals surface area contributed by atoms with Crippen LogP contribution in [0.2, 0.25) is 0 Å². The Balaban J connectivity index is 2.27. The number of ether oxygens (including phenoxy) is 1. The molecule has 1 aliphatic carbocycles. The number of rotatable bonds is 2. The lowest BCUT2D eigenvalue weighted by atomic mass is 9.94. The van der Waals surface area contributed by atoms with Gasteiger partial charge in [-0.25, -0.2) is 4.79 Å². The average molecular weight is 200 g/mol. The monoisotopic (exact) mass is 200 g/mol. The number of carbonyl (C=O) groups excluding carboxylic acids is 1. The maximum absolute atomic E-state index is 11.4. The molecule has 0 atom stereocenters. The van der Waals surface area contributed by atoms with Crippen molar-refractivity contribution >= 4 is 6.09 Å². The topological polar surface area (TPSA) is 55.6 Å². The minimum absolute atomic E-state index is 0.0799. The molecule has 1 rings (SSSR count). The summed E-state index contributed by atoms with van der Waals surface area (Å²) in [7, 11) is 1.75. The average Bonchev–Trinajstić information content (AvgIpc) is 2.20. The van der Waals surface area contributed by atoms with E-state index in [-0.39, 0.29) is 12.2 Å². The second-order valence-corrected chi connectivity index (χ2v) is 3.93. The van der Waals surface area contributed by atoms with E-state index in [9.17, 15) is 4.79 Å². The highest BCUT2D eigenvalue weighted by Crippen LogP contribution is 2.20. The predicted octanol–water partition coefficient (Wildman–Crippen LogP) is 1.34. The zero-order valence-electron chi connectivity index (χ0n) is 9.03. The first-order chi connectivity index (χ1) is 6.63. The van der Waals surface area contributed by atoms with Crippen LogP contribution in [0.15, 0.2) is 0 Å². The van der Waals surface area contributed by atoms with E-state index in [1.807, 2.05) is 6.92 Å². The van der Waals surface area contributed by atoms with Crippen molar-refractivity contribution in [3.8, 4) is 0 Å². The Morgan fingerprint density at radius 2 is 2.00 bits per heavy atom. The summed E-state index contributed by atoms with van der Waals surface area (Å²) in [6.45, 7) is 2.61. The summed E-state index contributed by atoms with van der Waals surface area (Å²) in [5, 5.41) is 0. The molecule has 0 aromatic carbocycles. The molecule has 1 saturated carbocycles. The molecule has 0 saturated heterocycles. The Hall–Kier alpha value is -0.770. The maximum Gasteiger partial charge on any atom is 0.409 e. The van der Waals surface area contributed by atoms with Crippen molar-refractivity contribution in [3.63, 3.8) is 0 Å². The van der Waals surface area contributed by atoms with Gasteiger partial charge in [0.15, 0.2) is 0 Å². The molecule has 1 fully saturated rings. The van der Waals surface area contributed by atoms with Gasteiger partial charge in [-0.3, -0.25) is 0 Å². The van der Waals surface area contributed by atoms with E-state index in [2.05, 4.69) is 0 Å². The Kier molecular flexibility index (Phi) is 4.20. The zero-order valence-corrected chi connectivity index (χ0v) is 9.03. The third-order valence-electron chi connectivity index (χ3n) is 2.77. The van der Waals surface area contributed by atoms with E-state index in [1.165, 1.54) is 0 Å². The van der Waals surface area contributed by atoms with E-state index >= 15 is 0 Å². The second kappa shape index (κ2) is 5.20. The first kappa shape index (κ1) is 11.3. The van der Waals surface area contributed by atoms with E-state index in [4.69, 9.17) is 10.5 Å². The highest BCUT2D eigenvalue weighted by molar-refractivity contribution is 5.67. The van der Waals surface area contributed by atoms with Gasteiger partial charge >= 0.3 is 6.09 Å². The summed E-state index contributed by atoms with van der Waals surface area (Å²) in [6, 6.07) is 0.300. The summed E-state index contributed by atoms with van der Waals surface area (Å²) < 4.78 is 5.32. The van der Waals surface area contributed by atoms with Crippen molar-refractivity contribution in [2.75, 3.05) is 13.6 Å². The summed E-state index contributed by atoms with van der Waals surface area (Å²) in [6.07, 6.45) is 3.61. The smallest absolute Gasteiger partial charge is 0.409 e. The van der Waals surface area contributed by atoms with E-state index in [0.29, 0.717) is 12.6 Å². The van der Waals surface area contributed by atoms with Crippen LogP contribution in [0.5, 0.6) is 0 Å². The summed E-state index contributed by atoms with van der Waals surface area (Å²) >= 11 is 0. The summed E-state index contributed by atoms with van der Waals surface area (Å²) in [4.78, 5) is 13.0. The number of nitrogens with zero attached hydrogens (tertiary/aromatic N) is 1. The predicted molar refractivity (Wildman–Crippen MR) is 55.0 cm³/mol. The number of carbonyl (C=O) groups is 1. The normalized spacial score (nSPS) is 27.1. The fourth-order valence-corrected chi connectivity index (χ4v) is 1.57. The largest absolute Gasteiger partial charge is 0.446 e. The molecule has 0 radical (unpaired) electrons. The maximum atomic E-state index is 11.4. The van der Waals surface area contributed by atoms with Crippen molar-refractivity contribution < 1.29 is 9.53 Å². The molecule has 1 aliphatic rings. The molecule has 1 amide bonds. The number of amides is 1. The van der Waals surface area contributed by atoms with Crippen LogP contribution in [0.4, 0.5) is 4.79 Å². The Morgan fingerprint density at radius 3 is 2.50 bits per heavy atom. The molecule has 0 aromatic rings. The summed E-state index contributed by atoms with van der Waals surface area (Å²) in [5.74, 6) is 0. The van der Waals surface area contributed by atoms with Crippen LogP contribution in [0.25, 0.3) is 0 Å². The molecule has 0 bridgehead atoms. The van der Waals surface area contributed by atoms with E-state index in [1.54, 1.807) is 11.9 Å². The molecule has 0 unspecified atom stereocenters. The molecule has 0 aliphatic heterocycles. The van der Waals surface area contributed by atoms with Gasteiger partial charge in [-0.05, 0) is 32.6 Å². The second-order valence-electron chi connectivity index (χ2n) is 3.93. The SMILES string of the molecule is CCN(C)C(=O)OC1CCC(N)CC1. The highest BCUT2D eigenvalue weighted by atomic mass is 16.6. The Morgan fingerprint density at radius 1 is 1.43 bits per heavy atom. The van der Waals surface area contributed by atoms with Crippen LogP contribution in [0.1, 0.15) is 32.6 Å². The van der Waals surface area contributed by atoms with Gasteiger partial charge in [0, 0.05) is 19.6 Å². The van der Waals surface area contributed by atoms with Crippen LogP contribution in [0, 0.1) is 0 Å². The van der Waals surface area contributed by atoms with Gasteiger partial charge < -0.3 is 15.4 Å². The van der Waals surface area contributed by atoms with Crippen molar-refractivity contribution in [3.05, 3.63) is 0 Å². The zero-order chi connectivity index (χ0) is 10.6. The number of hydrogen-bond acceptors (Lipinski definition) is 3. The fraction of sp³-hybridized carbons (Fsp3) is 0.900. The first-order valence-electron chi connectivity index (χ1n) is 5.30. The molecule has 2 N–H and O–H groups in total. The van der Waals surface area contributed by atoms with Crippen molar-refractivity contribution in [2.24, 2.45) is 5.73 Å². The molecule has 14 heavy (non-hydrogen) atoms. The molecule has 82 valence electrons. The van der Waals surface area contributed by atoms with Crippen molar-refractivity contribution in [2.45, 2.75) is 44.8 Å². The Labute approximate surface area is 85.4 Å². The minimum atomic E-state index is -0.215. The molecule has 4 nitrogen and oxygen atoms in total. The standard InChI is InChI=1S/C10H20N2O2/c1-3-12(2)10(13)14-9-6-4-8(11)5-7-9/h8-9H,3-7,11H2,1-2H3. The molecular weight excluding hydrogens is 180 g/mol. The van der Waals surface area contributed by atoms with Crippen LogP contribution in [0.3, 0.4) is 0 Å². The molecule has 4 heteroatoms. The van der Waals surface area contributed by atoms with Gasteiger partial charge in [-0.15, -0.1) is 0 Å². The first-order valence-corrected chi connectivity index (χ1v) is 5.30. The minimum Gasteiger partial charge on any atom is -0.446 e. The van der Waals surface area contributed by atoms with Gasteiger partial charge in [0.1, 0.15) is 6.10 Å². The third-order valence-corrected chi connectivity index (χ3v) is 2.77. The van der Waals surface area contributed by atoms with Crippen LogP contribution in [-0.2, 0) is 4.74 Å². The van der Waals surface area contributed by atoms with Gasteiger partial charge in [-0.1, -0.05) is 0 Å². The van der Waals surface area contributed by atoms with Crippen LogP contribution < -0.4 is 5.73 Å². The van der Waals surface area contributed by atoms with Gasteiger partial charge in [-0.2, -0.15) is 0 Å². The van der Waals surface area contributed by atoms with Gasteiger partial charge in [0.05, 0.1) is 0 Å². The van der Waals surface area contributed by atoms with Crippen LogP contribution >= 0.6 is 0 Å². The third kappa shape index (κ3) is 3.18. The molecule has 0 aromatic heterocycles. The molecule has 0 spiro atoms. The Bertz CT molecular complexity index is 189. The number of nitrogens with two attached hydrogens (primary N) is 1.